The number of allylic oxidation sites excluding steroid dienone is 3. The minimum atomic E-state index is -0.552. The molecule has 2 aromatic carbocycles. The van der Waals surface area contributed by atoms with Crippen molar-refractivity contribution in [3.63, 3.8) is 0 Å². The van der Waals surface area contributed by atoms with Gasteiger partial charge in [-0.05, 0) is 80.8 Å². The molecular formula is C30H38FNO3. The predicted octanol–water partition coefficient (Wildman–Crippen LogP) is 7.91. The van der Waals surface area contributed by atoms with E-state index in [0.717, 1.165) is 49.7 Å². The maximum Gasteiger partial charge on any atom is 0.415 e. The number of unbranched alkanes of at least 4 members (excludes halogenated alkanes) is 2. The Labute approximate surface area is 209 Å². The zero-order chi connectivity index (χ0) is 25.5. The van der Waals surface area contributed by atoms with Crippen molar-refractivity contribution >= 4 is 6.09 Å². The largest absolute Gasteiger partial charge is 0.507 e. The van der Waals surface area contributed by atoms with Gasteiger partial charge in [0.05, 0.1) is 0 Å². The lowest BCUT2D eigenvalue weighted by Crippen LogP contribution is -2.30. The Morgan fingerprint density at radius 1 is 1.23 bits per heavy atom. The van der Waals surface area contributed by atoms with Gasteiger partial charge in [-0.25, -0.2) is 9.18 Å². The number of nitrogens with zero attached hydrogens (tertiary/aromatic N) is 1. The molecule has 1 N–H and O–H groups in total. The van der Waals surface area contributed by atoms with E-state index in [2.05, 4.69) is 26.5 Å². The summed E-state index contributed by atoms with van der Waals surface area (Å²) in [7, 11) is 1.62. The molecule has 1 aliphatic rings. The Balaban J connectivity index is 1.95. The molecule has 0 unspecified atom stereocenters. The van der Waals surface area contributed by atoms with E-state index in [0.29, 0.717) is 16.9 Å². The summed E-state index contributed by atoms with van der Waals surface area (Å²) in [6.07, 6.45) is 7.53. The molecule has 1 aliphatic carbocycles. The molecule has 188 valence electrons. The Bertz CT molecular complexity index is 1090. The number of phenolic OH excluding ortho intramolecular Hbond substituents is 1. The van der Waals surface area contributed by atoms with E-state index in [-0.39, 0.29) is 29.9 Å². The van der Waals surface area contributed by atoms with E-state index in [1.165, 1.54) is 22.6 Å². The molecule has 0 radical (unpaired) electrons. The lowest BCUT2D eigenvalue weighted by molar-refractivity contribution is 0.160. The maximum atomic E-state index is 13.6. The Hall–Kier alpha value is -3.08. The van der Waals surface area contributed by atoms with Crippen molar-refractivity contribution in [2.24, 2.45) is 5.92 Å². The van der Waals surface area contributed by atoms with E-state index in [1.54, 1.807) is 19.2 Å². The molecule has 3 rings (SSSR count). The van der Waals surface area contributed by atoms with Crippen LogP contribution in [0.5, 0.6) is 11.5 Å². The molecule has 2 atom stereocenters. The van der Waals surface area contributed by atoms with Crippen LogP contribution in [0.3, 0.4) is 0 Å². The Morgan fingerprint density at radius 2 is 2.00 bits per heavy atom. The van der Waals surface area contributed by atoms with Crippen molar-refractivity contribution in [3.05, 3.63) is 82.7 Å². The number of amides is 1. The molecule has 0 aliphatic heterocycles. The van der Waals surface area contributed by atoms with E-state index in [1.807, 2.05) is 19.1 Å². The van der Waals surface area contributed by atoms with Gasteiger partial charge < -0.3 is 14.7 Å². The molecular weight excluding hydrogens is 441 g/mol. The monoisotopic (exact) mass is 479 g/mol. The van der Waals surface area contributed by atoms with E-state index >= 15 is 0 Å². The number of carbonyl (C=O) groups excluding carboxylic acids is 1. The second kappa shape index (κ2) is 12.1. The first kappa shape index (κ1) is 26.5. The van der Waals surface area contributed by atoms with Gasteiger partial charge in [-0.1, -0.05) is 55.7 Å². The summed E-state index contributed by atoms with van der Waals surface area (Å²) in [6.45, 7) is 10.7. The summed E-state index contributed by atoms with van der Waals surface area (Å²) >= 11 is 0. The number of ether oxygens (including phenoxy) is 1. The quantitative estimate of drug-likeness (QED) is 0.294. The van der Waals surface area contributed by atoms with Gasteiger partial charge in [0.1, 0.15) is 17.3 Å². The Kier molecular flexibility index (Phi) is 9.13. The minimum absolute atomic E-state index is 0.123. The highest BCUT2D eigenvalue weighted by atomic mass is 19.1. The van der Waals surface area contributed by atoms with Crippen LogP contribution in [0.2, 0.25) is 0 Å². The van der Waals surface area contributed by atoms with Crippen LogP contribution >= 0.6 is 0 Å². The zero-order valence-electron chi connectivity index (χ0n) is 21.4. The highest BCUT2D eigenvalue weighted by Gasteiger charge is 2.31. The van der Waals surface area contributed by atoms with Crippen LogP contribution in [0.15, 0.2) is 60.2 Å². The molecule has 1 amide bonds. The van der Waals surface area contributed by atoms with Gasteiger partial charge >= 0.3 is 6.09 Å². The van der Waals surface area contributed by atoms with Crippen molar-refractivity contribution in [2.45, 2.75) is 71.8 Å². The number of hydrogen-bond acceptors (Lipinski definition) is 3. The molecule has 35 heavy (non-hydrogen) atoms. The van der Waals surface area contributed by atoms with Crippen LogP contribution in [0.4, 0.5) is 9.18 Å². The van der Waals surface area contributed by atoms with Crippen molar-refractivity contribution in [3.8, 4) is 11.5 Å². The van der Waals surface area contributed by atoms with Gasteiger partial charge in [-0.3, -0.25) is 0 Å². The van der Waals surface area contributed by atoms with Gasteiger partial charge in [-0.2, -0.15) is 0 Å². The van der Waals surface area contributed by atoms with Crippen LogP contribution in [0.25, 0.3) is 0 Å². The van der Waals surface area contributed by atoms with Crippen molar-refractivity contribution in [1.29, 1.82) is 0 Å². The number of aryl methyl sites for hydroxylation is 1. The third-order valence-electron chi connectivity index (χ3n) is 6.78. The number of carbonyl (C=O) groups is 1. The molecule has 0 fully saturated rings. The van der Waals surface area contributed by atoms with Crippen LogP contribution in [-0.2, 0) is 13.0 Å². The number of aromatic hydroxyl groups is 1. The summed E-state index contributed by atoms with van der Waals surface area (Å²) in [6, 6.07) is 9.87. The fourth-order valence-corrected chi connectivity index (χ4v) is 4.86. The van der Waals surface area contributed by atoms with Gasteiger partial charge in [0.2, 0.25) is 0 Å². The first-order chi connectivity index (χ1) is 16.7. The fraction of sp³-hybridized carbons (Fsp3) is 0.433. The third-order valence-corrected chi connectivity index (χ3v) is 6.78. The van der Waals surface area contributed by atoms with Crippen molar-refractivity contribution in [2.75, 3.05) is 7.05 Å². The fourth-order valence-electron chi connectivity index (χ4n) is 4.86. The normalized spacial score (nSPS) is 17.6. The van der Waals surface area contributed by atoms with Gasteiger partial charge in [0.25, 0.3) is 0 Å². The molecule has 0 heterocycles. The SMILES string of the molecule is C=C(C)[C@@H]1CCC(C)=C[C@H]1c1c(O)cc(CCCCC)cc1OC(=O)N(C)Cc1cccc(F)c1. The highest BCUT2D eigenvalue weighted by molar-refractivity contribution is 5.72. The minimum Gasteiger partial charge on any atom is -0.507 e. The van der Waals surface area contributed by atoms with Crippen LogP contribution in [-0.4, -0.2) is 23.1 Å². The number of benzene rings is 2. The summed E-state index contributed by atoms with van der Waals surface area (Å²) in [5, 5.41) is 11.2. The lowest BCUT2D eigenvalue weighted by atomic mass is 9.73. The Morgan fingerprint density at radius 3 is 2.69 bits per heavy atom. The number of rotatable bonds is 9. The molecule has 0 saturated carbocycles. The molecule has 4 nitrogen and oxygen atoms in total. The number of hydrogen-bond donors (Lipinski definition) is 1. The molecule has 0 spiro atoms. The second-order valence-electron chi connectivity index (χ2n) is 9.87. The summed E-state index contributed by atoms with van der Waals surface area (Å²) < 4.78 is 19.5. The highest BCUT2D eigenvalue weighted by Crippen LogP contribution is 2.47. The lowest BCUT2D eigenvalue weighted by Gasteiger charge is -2.32. The van der Waals surface area contributed by atoms with Gasteiger partial charge in [-0.15, -0.1) is 0 Å². The first-order valence-corrected chi connectivity index (χ1v) is 12.6. The maximum absolute atomic E-state index is 13.6. The van der Waals surface area contributed by atoms with Gasteiger partial charge in [0, 0.05) is 25.1 Å². The van der Waals surface area contributed by atoms with E-state index in [4.69, 9.17) is 4.74 Å². The smallest absolute Gasteiger partial charge is 0.415 e. The molecule has 0 bridgehead atoms. The van der Waals surface area contributed by atoms with Crippen LogP contribution < -0.4 is 4.74 Å². The second-order valence-corrected chi connectivity index (χ2v) is 9.87. The number of phenols is 1. The number of halogens is 1. The summed E-state index contributed by atoms with van der Waals surface area (Å²) in [4.78, 5) is 14.5. The van der Waals surface area contributed by atoms with Crippen molar-refractivity contribution < 1.29 is 19.0 Å². The van der Waals surface area contributed by atoms with Crippen molar-refractivity contribution in [1.82, 2.24) is 4.90 Å². The molecule has 0 saturated heterocycles. The predicted molar refractivity (Wildman–Crippen MR) is 139 cm³/mol. The summed E-state index contributed by atoms with van der Waals surface area (Å²) in [5.74, 6) is 0.216. The average Bonchev–Trinajstić information content (AvgIpc) is 2.79. The third kappa shape index (κ3) is 6.97. The topological polar surface area (TPSA) is 49.8 Å². The van der Waals surface area contributed by atoms with E-state index in [9.17, 15) is 14.3 Å². The van der Waals surface area contributed by atoms with Crippen LogP contribution in [0, 0.1) is 11.7 Å². The zero-order valence-corrected chi connectivity index (χ0v) is 21.4. The molecule has 2 aromatic rings. The standard InChI is InChI=1S/C30H38FNO3/c1-6-7-8-10-22-17-27(33)29(26-15-21(4)13-14-25(26)20(2)3)28(18-22)35-30(34)32(5)19-23-11-9-12-24(31)16-23/h9,11-12,15-18,25-26,33H,2,6-8,10,13-14,19H2,1,3-5H3/t25-,26+/m0/s1. The van der Waals surface area contributed by atoms with Gasteiger partial charge in [0.15, 0.2) is 0 Å². The molecule has 0 aromatic heterocycles. The average molecular weight is 480 g/mol. The summed E-state index contributed by atoms with van der Waals surface area (Å²) in [5.41, 5.74) is 4.54. The molecule has 5 heteroatoms. The first-order valence-electron chi connectivity index (χ1n) is 12.6. The van der Waals surface area contributed by atoms with Crippen LogP contribution in [0.1, 0.15) is 75.5 Å². The van der Waals surface area contributed by atoms with E-state index < -0.39 is 6.09 Å².